The van der Waals surface area contributed by atoms with Crippen molar-refractivity contribution in [2.45, 2.75) is 13.2 Å². The molecule has 146 valence electrons. The van der Waals surface area contributed by atoms with Crippen LogP contribution >= 0.6 is 11.3 Å². The lowest BCUT2D eigenvalue weighted by Crippen LogP contribution is -2.49. The zero-order valence-electron chi connectivity index (χ0n) is 15.5. The first-order valence-electron chi connectivity index (χ1n) is 9.26. The number of nitrogens with zero attached hydrogens (tertiary/aromatic N) is 4. The van der Waals surface area contributed by atoms with Crippen LogP contribution in [-0.4, -0.2) is 57.9 Å². The van der Waals surface area contributed by atoms with Crippen LogP contribution in [0.4, 0.5) is 0 Å². The monoisotopic (exact) mass is 398 g/mol. The summed E-state index contributed by atoms with van der Waals surface area (Å²) in [5.41, 5.74) is 1.79. The number of fused-ring (bicyclic) bond motifs is 1. The number of aromatic nitrogens is 2. The molecule has 1 amide bonds. The van der Waals surface area contributed by atoms with E-state index < -0.39 is 0 Å². The molecule has 0 saturated carbocycles. The van der Waals surface area contributed by atoms with Crippen molar-refractivity contribution in [1.82, 2.24) is 19.2 Å². The van der Waals surface area contributed by atoms with Gasteiger partial charge in [0.15, 0.2) is 4.96 Å². The first-order valence-corrected chi connectivity index (χ1v) is 10.1. The molecule has 7 nitrogen and oxygen atoms in total. The fourth-order valence-electron chi connectivity index (χ4n) is 3.28. The second kappa shape index (κ2) is 8.64. The van der Waals surface area contributed by atoms with Gasteiger partial charge in [0.05, 0.1) is 12.3 Å². The maximum Gasteiger partial charge on any atom is 0.258 e. The van der Waals surface area contributed by atoms with Crippen molar-refractivity contribution in [3.05, 3.63) is 69.6 Å². The smallest absolute Gasteiger partial charge is 0.258 e. The van der Waals surface area contributed by atoms with Gasteiger partial charge in [0.25, 0.3) is 5.56 Å². The van der Waals surface area contributed by atoms with Crippen molar-refractivity contribution in [3.8, 4) is 0 Å². The average Bonchev–Trinajstić information content (AvgIpc) is 3.18. The van der Waals surface area contributed by atoms with Crippen LogP contribution in [0.2, 0.25) is 0 Å². The topological polar surface area (TPSA) is 67.2 Å². The Kier molecular flexibility index (Phi) is 5.80. The summed E-state index contributed by atoms with van der Waals surface area (Å²) in [4.78, 5) is 33.8. The van der Waals surface area contributed by atoms with E-state index in [1.54, 1.807) is 16.7 Å². The summed E-state index contributed by atoms with van der Waals surface area (Å²) in [6, 6.07) is 11.4. The third-order valence-electron chi connectivity index (χ3n) is 4.80. The van der Waals surface area contributed by atoms with Gasteiger partial charge >= 0.3 is 0 Å². The van der Waals surface area contributed by atoms with Crippen LogP contribution in [0.15, 0.2) is 52.8 Å². The van der Waals surface area contributed by atoms with E-state index in [4.69, 9.17) is 4.74 Å². The van der Waals surface area contributed by atoms with Gasteiger partial charge in [-0.05, 0) is 5.56 Å². The molecule has 0 aliphatic carbocycles. The molecule has 28 heavy (non-hydrogen) atoms. The molecule has 1 aromatic carbocycles. The molecule has 3 heterocycles. The van der Waals surface area contributed by atoms with Gasteiger partial charge in [-0.15, -0.1) is 11.3 Å². The Labute approximate surface area is 166 Å². The van der Waals surface area contributed by atoms with Crippen LogP contribution in [0.5, 0.6) is 0 Å². The van der Waals surface area contributed by atoms with Gasteiger partial charge in [-0.2, -0.15) is 0 Å². The van der Waals surface area contributed by atoms with Crippen molar-refractivity contribution in [3.63, 3.8) is 0 Å². The van der Waals surface area contributed by atoms with Crippen LogP contribution in [0.3, 0.4) is 0 Å². The minimum absolute atomic E-state index is 0.0203. The van der Waals surface area contributed by atoms with E-state index in [2.05, 4.69) is 9.88 Å². The fraction of sp³-hybridized carbons (Fsp3) is 0.350. The quantitative estimate of drug-likeness (QED) is 0.631. The lowest BCUT2D eigenvalue weighted by Gasteiger charge is -2.34. The maximum atomic E-state index is 12.3. The van der Waals surface area contributed by atoms with Gasteiger partial charge in [-0.3, -0.25) is 18.9 Å². The van der Waals surface area contributed by atoms with Crippen molar-refractivity contribution in [1.29, 1.82) is 0 Å². The Bertz CT molecular complexity index is 993. The van der Waals surface area contributed by atoms with E-state index in [9.17, 15) is 9.59 Å². The predicted molar refractivity (Wildman–Crippen MR) is 107 cm³/mol. The molecular formula is C20H22N4O3S. The number of hydrogen-bond acceptors (Lipinski definition) is 6. The van der Waals surface area contributed by atoms with Crippen LogP contribution < -0.4 is 5.56 Å². The normalized spacial score (nSPS) is 15.2. The minimum atomic E-state index is -0.0503. The SMILES string of the molecule is O=C(COCc1ccccc1)N1CCN(Cc2cc(=O)n3ccsc3n2)CC1. The molecule has 0 N–H and O–H groups in total. The van der Waals surface area contributed by atoms with Gasteiger partial charge in [0.2, 0.25) is 5.91 Å². The molecule has 0 atom stereocenters. The second-order valence-electron chi connectivity index (χ2n) is 6.78. The van der Waals surface area contributed by atoms with Crippen molar-refractivity contribution < 1.29 is 9.53 Å². The van der Waals surface area contributed by atoms with E-state index in [1.807, 2.05) is 40.6 Å². The summed E-state index contributed by atoms with van der Waals surface area (Å²) in [5.74, 6) is 0.0203. The van der Waals surface area contributed by atoms with E-state index >= 15 is 0 Å². The zero-order valence-corrected chi connectivity index (χ0v) is 16.3. The van der Waals surface area contributed by atoms with Gasteiger partial charge in [0.1, 0.15) is 6.61 Å². The number of carbonyl (C=O) groups is 1. The number of piperazine rings is 1. The number of thiazole rings is 1. The molecular weight excluding hydrogens is 376 g/mol. The molecule has 8 heteroatoms. The van der Waals surface area contributed by atoms with E-state index in [0.717, 1.165) is 24.3 Å². The second-order valence-corrected chi connectivity index (χ2v) is 7.65. The number of amides is 1. The summed E-state index contributed by atoms with van der Waals surface area (Å²) in [6.07, 6.45) is 1.74. The van der Waals surface area contributed by atoms with E-state index in [-0.39, 0.29) is 18.1 Å². The highest BCUT2D eigenvalue weighted by Gasteiger charge is 2.21. The molecule has 0 spiro atoms. The number of benzene rings is 1. The highest BCUT2D eigenvalue weighted by atomic mass is 32.1. The summed E-state index contributed by atoms with van der Waals surface area (Å²) < 4.78 is 7.11. The van der Waals surface area contributed by atoms with Crippen LogP contribution in [0.1, 0.15) is 11.3 Å². The Morgan fingerprint density at radius 1 is 1.14 bits per heavy atom. The fourth-order valence-corrected chi connectivity index (χ4v) is 4.01. The summed E-state index contributed by atoms with van der Waals surface area (Å²) >= 11 is 1.45. The maximum absolute atomic E-state index is 12.3. The van der Waals surface area contributed by atoms with Gasteiger partial charge in [0, 0.05) is 50.4 Å². The van der Waals surface area contributed by atoms with Crippen molar-refractivity contribution in [2.75, 3.05) is 32.8 Å². The summed E-state index contributed by atoms with van der Waals surface area (Å²) in [6.45, 7) is 4.00. The molecule has 0 radical (unpaired) electrons. The highest BCUT2D eigenvalue weighted by molar-refractivity contribution is 7.15. The third kappa shape index (κ3) is 4.46. The highest BCUT2D eigenvalue weighted by Crippen LogP contribution is 2.10. The lowest BCUT2D eigenvalue weighted by molar-refractivity contribution is -0.138. The van der Waals surface area contributed by atoms with Gasteiger partial charge in [-0.25, -0.2) is 4.98 Å². The molecule has 1 fully saturated rings. The van der Waals surface area contributed by atoms with Crippen LogP contribution in [0.25, 0.3) is 4.96 Å². The van der Waals surface area contributed by atoms with Crippen molar-refractivity contribution in [2.24, 2.45) is 0 Å². The number of carbonyl (C=O) groups excluding carboxylic acids is 1. The Morgan fingerprint density at radius 2 is 1.93 bits per heavy atom. The third-order valence-corrected chi connectivity index (χ3v) is 5.56. The number of hydrogen-bond donors (Lipinski definition) is 0. The predicted octanol–water partition coefficient (Wildman–Crippen LogP) is 1.62. The Hall–Kier alpha value is -2.55. The average molecular weight is 398 g/mol. The molecule has 3 aromatic rings. The first kappa shape index (κ1) is 18.8. The molecule has 0 unspecified atom stereocenters. The molecule has 1 saturated heterocycles. The molecule has 4 rings (SSSR count). The molecule has 0 bridgehead atoms. The first-order chi connectivity index (χ1) is 13.7. The van der Waals surface area contributed by atoms with E-state index in [1.165, 1.54) is 11.3 Å². The zero-order chi connectivity index (χ0) is 19.3. The Morgan fingerprint density at radius 3 is 2.71 bits per heavy atom. The van der Waals surface area contributed by atoms with Gasteiger partial charge < -0.3 is 9.64 Å². The number of rotatable bonds is 6. The Balaban J connectivity index is 1.24. The summed E-state index contributed by atoms with van der Waals surface area (Å²) in [5, 5.41) is 1.86. The molecule has 1 aliphatic heterocycles. The van der Waals surface area contributed by atoms with Gasteiger partial charge in [-0.1, -0.05) is 30.3 Å². The largest absolute Gasteiger partial charge is 0.367 e. The minimum Gasteiger partial charge on any atom is -0.367 e. The molecule has 2 aromatic heterocycles. The summed E-state index contributed by atoms with van der Waals surface area (Å²) in [7, 11) is 0. The van der Waals surface area contributed by atoms with Crippen LogP contribution in [0, 0.1) is 0 Å². The van der Waals surface area contributed by atoms with E-state index in [0.29, 0.717) is 31.2 Å². The lowest BCUT2D eigenvalue weighted by atomic mass is 10.2. The standard InChI is InChI=1S/C20H22N4O3S/c25-18-12-17(21-20-24(18)10-11-28-20)13-22-6-8-23(9-7-22)19(26)15-27-14-16-4-2-1-3-5-16/h1-5,10-12H,6-9,13-15H2. The number of ether oxygens (including phenoxy) is 1. The molecule has 1 aliphatic rings. The van der Waals surface area contributed by atoms with Crippen LogP contribution in [-0.2, 0) is 22.7 Å². The van der Waals surface area contributed by atoms with Crippen molar-refractivity contribution >= 4 is 22.2 Å².